The summed E-state index contributed by atoms with van der Waals surface area (Å²) >= 11 is 3.18. The normalized spacial score (nSPS) is 10.7. The number of halogens is 2. The van der Waals surface area contributed by atoms with E-state index in [9.17, 15) is 9.18 Å². The fraction of sp³-hybridized carbons (Fsp3) is 0. The molecular weight excluding hydrogens is 325 g/mol. The Hall–Kier alpha value is -2.21. The van der Waals surface area contributed by atoms with Crippen LogP contribution in [0.15, 0.2) is 47.1 Å². The van der Waals surface area contributed by atoms with Crippen LogP contribution in [0.1, 0.15) is 10.4 Å². The second kappa shape index (κ2) is 5.05. The highest BCUT2D eigenvalue weighted by atomic mass is 79.9. The maximum atomic E-state index is 13.0. The van der Waals surface area contributed by atoms with Gasteiger partial charge in [-0.3, -0.25) is 9.89 Å². The third-order valence-corrected chi connectivity index (χ3v) is 3.53. The molecule has 0 bridgehead atoms. The van der Waals surface area contributed by atoms with Gasteiger partial charge in [0.1, 0.15) is 5.82 Å². The quantitative estimate of drug-likeness (QED) is 0.750. The van der Waals surface area contributed by atoms with Gasteiger partial charge in [0.05, 0.1) is 17.3 Å². The van der Waals surface area contributed by atoms with Crippen LogP contribution in [-0.2, 0) is 0 Å². The minimum atomic E-state index is -0.396. The third-order valence-electron chi connectivity index (χ3n) is 2.88. The third kappa shape index (κ3) is 2.42. The summed E-state index contributed by atoms with van der Waals surface area (Å²) < 4.78 is 13.4. The Labute approximate surface area is 122 Å². The molecule has 6 heteroatoms. The molecule has 0 unspecified atom stereocenters. The SMILES string of the molecule is O=C(Nc1ccc2cn[nH]c2c1)c1ccc(F)cc1Br. The summed E-state index contributed by atoms with van der Waals surface area (Å²) in [6.45, 7) is 0. The number of nitrogens with one attached hydrogen (secondary N) is 2. The standard InChI is InChI=1S/C14H9BrFN3O/c15-12-5-9(16)2-4-11(12)14(20)18-10-3-1-8-7-17-19-13(8)6-10/h1-7H,(H,17,19)(H,18,20). The lowest BCUT2D eigenvalue weighted by Gasteiger charge is -2.07. The molecular formula is C14H9BrFN3O. The molecule has 0 aliphatic carbocycles. The number of aromatic nitrogens is 2. The van der Waals surface area contributed by atoms with Crippen LogP contribution in [-0.4, -0.2) is 16.1 Å². The van der Waals surface area contributed by atoms with Gasteiger partial charge in [0.15, 0.2) is 0 Å². The Morgan fingerprint density at radius 1 is 1.25 bits per heavy atom. The van der Waals surface area contributed by atoms with Crippen molar-refractivity contribution in [2.75, 3.05) is 5.32 Å². The lowest BCUT2D eigenvalue weighted by atomic mass is 10.2. The minimum absolute atomic E-state index is 0.309. The first-order valence-corrected chi connectivity index (χ1v) is 6.62. The molecule has 1 amide bonds. The molecule has 100 valence electrons. The van der Waals surface area contributed by atoms with Gasteiger partial charge < -0.3 is 5.32 Å². The minimum Gasteiger partial charge on any atom is -0.322 e. The predicted molar refractivity (Wildman–Crippen MR) is 78.1 cm³/mol. The zero-order valence-electron chi connectivity index (χ0n) is 10.2. The van der Waals surface area contributed by atoms with Crippen LogP contribution in [0.2, 0.25) is 0 Å². The summed E-state index contributed by atoms with van der Waals surface area (Å²) in [5.41, 5.74) is 1.85. The van der Waals surface area contributed by atoms with Crippen LogP contribution >= 0.6 is 15.9 Å². The van der Waals surface area contributed by atoms with Crippen molar-refractivity contribution in [3.8, 4) is 0 Å². The molecule has 20 heavy (non-hydrogen) atoms. The summed E-state index contributed by atoms with van der Waals surface area (Å²) in [6.07, 6.45) is 1.71. The van der Waals surface area contributed by atoms with Gasteiger partial charge >= 0.3 is 0 Å². The number of H-pyrrole nitrogens is 1. The Balaban J connectivity index is 1.87. The number of hydrogen-bond donors (Lipinski definition) is 2. The van der Waals surface area contributed by atoms with Gasteiger partial charge in [-0.05, 0) is 52.3 Å². The van der Waals surface area contributed by atoms with E-state index in [2.05, 4.69) is 31.4 Å². The topological polar surface area (TPSA) is 57.8 Å². The molecule has 3 rings (SSSR count). The predicted octanol–water partition coefficient (Wildman–Crippen LogP) is 3.72. The van der Waals surface area contributed by atoms with Gasteiger partial charge in [0, 0.05) is 15.5 Å². The van der Waals surface area contributed by atoms with Crippen molar-refractivity contribution in [3.05, 3.63) is 58.4 Å². The number of anilines is 1. The molecule has 0 saturated carbocycles. The van der Waals surface area contributed by atoms with Crippen molar-refractivity contribution in [2.45, 2.75) is 0 Å². The molecule has 4 nitrogen and oxygen atoms in total. The second-order valence-corrected chi connectivity index (χ2v) is 5.10. The van der Waals surface area contributed by atoms with E-state index in [-0.39, 0.29) is 5.91 Å². The number of aromatic amines is 1. The number of amides is 1. The van der Waals surface area contributed by atoms with E-state index in [1.807, 2.05) is 6.07 Å². The van der Waals surface area contributed by atoms with Crippen molar-refractivity contribution >= 4 is 38.4 Å². The maximum absolute atomic E-state index is 13.0. The first-order valence-electron chi connectivity index (χ1n) is 5.83. The lowest BCUT2D eigenvalue weighted by molar-refractivity contribution is 0.102. The van der Waals surface area contributed by atoms with Gasteiger partial charge in [-0.1, -0.05) is 0 Å². The summed E-state index contributed by atoms with van der Waals surface area (Å²) in [5, 5.41) is 10.5. The summed E-state index contributed by atoms with van der Waals surface area (Å²) in [6, 6.07) is 9.37. The molecule has 0 aliphatic rings. The van der Waals surface area contributed by atoms with Gasteiger partial charge in [0.2, 0.25) is 0 Å². The number of benzene rings is 2. The van der Waals surface area contributed by atoms with Gasteiger partial charge in [-0.15, -0.1) is 0 Å². The molecule has 0 aliphatic heterocycles. The molecule has 1 aromatic heterocycles. The van der Waals surface area contributed by atoms with Crippen molar-refractivity contribution in [1.29, 1.82) is 0 Å². The van der Waals surface area contributed by atoms with E-state index in [1.165, 1.54) is 18.2 Å². The number of nitrogens with zero attached hydrogens (tertiary/aromatic N) is 1. The highest BCUT2D eigenvalue weighted by molar-refractivity contribution is 9.10. The highest BCUT2D eigenvalue weighted by Gasteiger charge is 2.11. The number of fused-ring (bicyclic) bond motifs is 1. The van der Waals surface area contributed by atoms with E-state index in [0.717, 1.165) is 10.9 Å². The average molecular weight is 334 g/mol. The molecule has 0 fully saturated rings. The average Bonchev–Trinajstić information content (AvgIpc) is 2.85. The van der Waals surface area contributed by atoms with Crippen LogP contribution in [0.4, 0.5) is 10.1 Å². The van der Waals surface area contributed by atoms with E-state index < -0.39 is 5.82 Å². The van der Waals surface area contributed by atoms with Crippen molar-refractivity contribution in [3.63, 3.8) is 0 Å². The first-order chi connectivity index (χ1) is 9.63. The van der Waals surface area contributed by atoms with E-state index in [0.29, 0.717) is 15.7 Å². The zero-order valence-corrected chi connectivity index (χ0v) is 11.7. The number of carbonyl (C=O) groups is 1. The van der Waals surface area contributed by atoms with Crippen molar-refractivity contribution in [1.82, 2.24) is 10.2 Å². The number of hydrogen-bond acceptors (Lipinski definition) is 2. The molecule has 0 radical (unpaired) electrons. The smallest absolute Gasteiger partial charge is 0.256 e. The summed E-state index contributed by atoms with van der Waals surface area (Å²) in [7, 11) is 0. The monoisotopic (exact) mass is 333 g/mol. The maximum Gasteiger partial charge on any atom is 0.256 e. The number of rotatable bonds is 2. The Kier molecular flexibility index (Phi) is 3.23. The zero-order chi connectivity index (χ0) is 14.1. The molecule has 3 aromatic rings. The van der Waals surface area contributed by atoms with Crippen LogP contribution in [0.5, 0.6) is 0 Å². The largest absolute Gasteiger partial charge is 0.322 e. The summed E-state index contributed by atoms with van der Waals surface area (Å²) in [5.74, 6) is -0.706. The molecule has 0 saturated heterocycles. The van der Waals surface area contributed by atoms with Crippen LogP contribution in [0.25, 0.3) is 10.9 Å². The summed E-state index contributed by atoms with van der Waals surface area (Å²) in [4.78, 5) is 12.1. The molecule has 2 N–H and O–H groups in total. The second-order valence-electron chi connectivity index (χ2n) is 4.25. The van der Waals surface area contributed by atoms with E-state index in [1.54, 1.807) is 18.3 Å². The molecule has 0 atom stereocenters. The van der Waals surface area contributed by atoms with Crippen LogP contribution in [0, 0.1) is 5.82 Å². The number of carbonyl (C=O) groups excluding carboxylic acids is 1. The van der Waals surface area contributed by atoms with Gasteiger partial charge in [-0.2, -0.15) is 5.10 Å². The Morgan fingerprint density at radius 3 is 2.90 bits per heavy atom. The van der Waals surface area contributed by atoms with E-state index >= 15 is 0 Å². The fourth-order valence-electron chi connectivity index (χ4n) is 1.89. The highest BCUT2D eigenvalue weighted by Crippen LogP contribution is 2.21. The van der Waals surface area contributed by atoms with Gasteiger partial charge in [-0.25, -0.2) is 4.39 Å². The fourth-order valence-corrected chi connectivity index (χ4v) is 2.42. The van der Waals surface area contributed by atoms with Crippen LogP contribution < -0.4 is 5.32 Å². The van der Waals surface area contributed by atoms with Crippen molar-refractivity contribution < 1.29 is 9.18 Å². The molecule has 0 spiro atoms. The van der Waals surface area contributed by atoms with Crippen molar-refractivity contribution in [2.24, 2.45) is 0 Å². The Morgan fingerprint density at radius 2 is 2.10 bits per heavy atom. The van der Waals surface area contributed by atoms with Crippen LogP contribution in [0.3, 0.4) is 0 Å². The van der Waals surface area contributed by atoms with E-state index in [4.69, 9.17) is 0 Å². The first kappa shape index (κ1) is 12.8. The lowest BCUT2D eigenvalue weighted by Crippen LogP contribution is -2.12. The van der Waals surface area contributed by atoms with Gasteiger partial charge in [0.25, 0.3) is 5.91 Å². The molecule has 1 heterocycles. The molecule has 2 aromatic carbocycles. The Bertz CT molecular complexity index is 800.